The number of rotatable bonds is 4. The van der Waals surface area contributed by atoms with Gasteiger partial charge < -0.3 is 0 Å². The van der Waals surface area contributed by atoms with Crippen LogP contribution in [0.2, 0.25) is 20.1 Å². The highest BCUT2D eigenvalue weighted by Gasteiger charge is 2.48. The molecular formula is C11H4Cl4F3NO5S. The number of carbonyl (C=O) groups excluding carboxylic acids is 2. The van der Waals surface area contributed by atoms with E-state index in [0.717, 1.165) is 0 Å². The SMILES string of the molecule is O=C1c2c(Cl)c(Cl)c(Cl)c(Cl)c2C(=O)N1CCOS(=O)(=O)C(F)(F)F. The van der Waals surface area contributed by atoms with Crippen LogP contribution in [0, 0.1) is 0 Å². The fourth-order valence-electron chi connectivity index (χ4n) is 1.90. The van der Waals surface area contributed by atoms with Gasteiger partial charge in [0.1, 0.15) is 0 Å². The van der Waals surface area contributed by atoms with E-state index in [1.807, 2.05) is 0 Å². The van der Waals surface area contributed by atoms with Gasteiger partial charge in [-0.3, -0.25) is 18.7 Å². The smallest absolute Gasteiger partial charge is 0.272 e. The van der Waals surface area contributed by atoms with E-state index in [4.69, 9.17) is 46.4 Å². The third-order valence-electron chi connectivity index (χ3n) is 3.02. The topological polar surface area (TPSA) is 80.8 Å². The van der Waals surface area contributed by atoms with Gasteiger partial charge in [0.15, 0.2) is 0 Å². The highest BCUT2D eigenvalue weighted by molar-refractivity contribution is 7.87. The predicted molar refractivity (Wildman–Crippen MR) is 82.8 cm³/mol. The Morgan fingerprint density at radius 2 is 1.28 bits per heavy atom. The summed E-state index contributed by atoms with van der Waals surface area (Å²) in [6, 6.07) is 0. The molecule has 0 saturated carbocycles. The molecule has 0 atom stereocenters. The number of carbonyl (C=O) groups is 2. The van der Waals surface area contributed by atoms with Crippen LogP contribution in [0.5, 0.6) is 0 Å². The van der Waals surface area contributed by atoms with Gasteiger partial charge in [-0.15, -0.1) is 0 Å². The maximum absolute atomic E-state index is 12.2. The Morgan fingerprint density at radius 1 is 0.880 bits per heavy atom. The molecule has 0 saturated heterocycles. The maximum atomic E-state index is 12.2. The standard InChI is InChI=1S/C11H4Cl4F3NO5S/c12-5-3-4(6(13)8(15)7(5)14)10(21)19(9(3)20)1-2-24-25(22,23)11(16,17)18/h1-2H2. The summed E-state index contributed by atoms with van der Waals surface area (Å²) in [5, 5.41) is -1.30. The summed E-state index contributed by atoms with van der Waals surface area (Å²) in [6.07, 6.45) is 0. The number of imide groups is 1. The highest BCUT2D eigenvalue weighted by atomic mass is 35.5. The van der Waals surface area contributed by atoms with Crippen molar-refractivity contribution in [1.29, 1.82) is 0 Å². The van der Waals surface area contributed by atoms with Crippen LogP contribution in [0.4, 0.5) is 13.2 Å². The van der Waals surface area contributed by atoms with Crippen LogP contribution in [-0.2, 0) is 14.3 Å². The molecule has 2 amide bonds. The molecule has 1 aliphatic rings. The molecule has 0 aliphatic carbocycles. The third kappa shape index (κ3) is 3.43. The van der Waals surface area contributed by atoms with E-state index >= 15 is 0 Å². The summed E-state index contributed by atoms with van der Waals surface area (Å²) >= 11 is 23.3. The largest absolute Gasteiger partial charge is 0.523 e. The van der Waals surface area contributed by atoms with Gasteiger partial charge in [-0.2, -0.15) is 21.6 Å². The zero-order chi connectivity index (χ0) is 19.3. The van der Waals surface area contributed by atoms with E-state index in [-0.39, 0.29) is 31.2 Å². The molecule has 6 nitrogen and oxygen atoms in total. The summed E-state index contributed by atoms with van der Waals surface area (Å²) in [4.78, 5) is 24.9. The first-order valence-electron chi connectivity index (χ1n) is 5.99. The number of nitrogens with zero attached hydrogens (tertiary/aromatic N) is 1. The van der Waals surface area contributed by atoms with Gasteiger partial charge in [-0.05, 0) is 0 Å². The molecular weight excluding hydrogens is 457 g/mol. The molecule has 1 aromatic rings. The zero-order valence-electron chi connectivity index (χ0n) is 11.5. The summed E-state index contributed by atoms with van der Waals surface area (Å²) < 4.78 is 61.8. The lowest BCUT2D eigenvalue weighted by Crippen LogP contribution is -2.35. The van der Waals surface area contributed by atoms with E-state index < -0.39 is 40.6 Å². The van der Waals surface area contributed by atoms with Crippen LogP contribution in [-0.4, -0.2) is 43.8 Å². The van der Waals surface area contributed by atoms with Crippen molar-refractivity contribution in [2.24, 2.45) is 0 Å². The number of hydrogen-bond acceptors (Lipinski definition) is 5. The number of benzene rings is 1. The minimum Gasteiger partial charge on any atom is -0.272 e. The van der Waals surface area contributed by atoms with Gasteiger partial charge in [0.25, 0.3) is 11.8 Å². The lowest BCUT2D eigenvalue weighted by molar-refractivity contribution is -0.0543. The van der Waals surface area contributed by atoms with E-state index in [1.54, 1.807) is 0 Å². The molecule has 0 fully saturated rings. The quantitative estimate of drug-likeness (QED) is 0.224. The number of fused-ring (bicyclic) bond motifs is 1. The molecule has 0 aromatic heterocycles. The number of amides is 2. The summed E-state index contributed by atoms with van der Waals surface area (Å²) in [5.41, 5.74) is -6.41. The van der Waals surface area contributed by atoms with Gasteiger partial charge in [0.2, 0.25) is 0 Å². The molecule has 25 heavy (non-hydrogen) atoms. The molecule has 1 heterocycles. The zero-order valence-corrected chi connectivity index (χ0v) is 15.3. The molecule has 0 bridgehead atoms. The Labute approximate surface area is 158 Å². The predicted octanol–water partition coefficient (Wildman–Crippen LogP) is 3.76. The van der Waals surface area contributed by atoms with Crippen molar-refractivity contribution < 1.29 is 35.4 Å². The van der Waals surface area contributed by atoms with Crippen molar-refractivity contribution in [1.82, 2.24) is 4.90 Å². The fraction of sp³-hybridized carbons (Fsp3) is 0.273. The molecule has 1 aromatic carbocycles. The summed E-state index contributed by atoms with van der Waals surface area (Å²) in [5.74, 6) is -2.06. The molecule has 138 valence electrons. The van der Waals surface area contributed by atoms with Crippen molar-refractivity contribution in [3.63, 3.8) is 0 Å². The Balaban J connectivity index is 2.27. The average Bonchev–Trinajstić information content (AvgIpc) is 2.74. The first-order chi connectivity index (χ1) is 11.3. The second-order valence-corrected chi connectivity index (χ2v) is 7.61. The van der Waals surface area contributed by atoms with Gasteiger partial charge in [0, 0.05) is 0 Å². The van der Waals surface area contributed by atoms with Gasteiger partial charge in [-0.1, -0.05) is 46.4 Å². The molecule has 2 rings (SSSR count). The third-order valence-corrected chi connectivity index (χ3v) is 5.87. The summed E-state index contributed by atoms with van der Waals surface area (Å²) in [6.45, 7) is -1.92. The second-order valence-electron chi connectivity index (χ2n) is 4.49. The van der Waals surface area contributed by atoms with Crippen LogP contribution in [0.3, 0.4) is 0 Å². The van der Waals surface area contributed by atoms with Crippen LogP contribution < -0.4 is 0 Å². The van der Waals surface area contributed by atoms with Crippen LogP contribution in [0.1, 0.15) is 20.7 Å². The van der Waals surface area contributed by atoms with E-state index in [9.17, 15) is 31.2 Å². The van der Waals surface area contributed by atoms with Crippen molar-refractivity contribution >= 4 is 68.3 Å². The minimum absolute atomic E-state index is 0.286. The van der Waals surface area contributed by atoms with E-state index in [0.29, 0.717) is 4.90 Å². The molecule has 0 spiro atoms. The average molecular weight is 461 g/mol. The Kier molecular flexibility index (Phi) is 5.54. The second kappa shape index (κ2) is 6.75. The van der Waals surface area contributed by atoms with Crippen molar-refractivity contribution in [3.05, 3.63) is 31.2 Å². The number of alkyl halides is 3. The monoisotopic (exact) mass is 459 g/mol. The Bertz CT molecular complexity index is 840. The van der Waals surface area contributed by atoms with Gasteiger partial charge in [-0.25, -0.2) is 0 Å². The molecule has 1 aliphatic heterocycles. The van der Waals surface area contributed by atoms with Crippen molar-refractivity contribution in [2.75, 3.05) is 13.2 Å². The van der Waals surface area contributed by atoms with Crippen LogP contribution >= 0.6 is 46.4 Å². The number of hydrogen-bond donors (Lipinski definition) is 0. The maximum Gasteiger partial charge on any atom is 0.523 e. The molecule has 0 N–H and O–H groups in total. The van der Waals surface area contributed by atoms with Crippen molar-refractivity contribution in [3.8, 4) is 0 Å². The Hall–Kier alpha value is -0.780. The first kappa shape index (κ1) is 20.5. The van der Waals surface area contributed by atoms with Crippen LogP contribution in [0.25, 0.3) is 0 Å². The lowest BCUT2D eigenvalue weighted by Gasteiger charge is -2.14. The summed E-state index contributed by atoms with van der Waals surface area (Å²) in [7, 11) is -5.87. The lowest BCUT2D eigenvalue weighted by atomic mass is 10.1. The van der Waals surface area contributed by atoms with Crippen molar-refractivity contribution in [2.45, 2.75) is 5.51 Å². The van der Waals surface area contributed by atoms with E-state index in [1.165, 1.54) is 0 Å². The first-order valence-corrected chi connectivity index (χ1v) is 8.91. The molecule has 0 radical (unpaired) electrons. The molecule has 14 heteroatoms. The highest BCUT2D eigenvalue weighted by Crippen LogP contribution is 2.44. The fourth-order valence-corrected chi connectivity index (χ4v) is 3.35. The normalized spacial score (nSPS) is 15.1. The minimum atomic E-state index is -5.87. The van der Waals surface area contributed by atoms with Crippen LogP contribution in [0.15, 0.2) is 0 Å². The van der Waals surface area contributed by atoms with Gasteiger partial charge in [0.05, 0.1) is 44.4 Å². The van der Waals surface area contributed by atoms with Gasteiger partial charge >= 0.3 is 15.6 Å². The number of halogens is 7. The van der Waals surface area contributed by atoms with E-state index in [2.05, 4.69) is 4.18 Å². The molecule has 0 unspecified atom stereocenters. The Morgan fingerprint density at radius 3 is 1.64 bits per heavy atom.